The Kier molecular flexibility index (Phi) is 3.62. The highest BCUT2D eigenvalue weighted by Gasteiger charge is 2.29. The van der Waals surface area contributed by atoms with Gasteiger partial charge in [-0.05, 0) is 6.92 Å². The van der Waals surface area contributed by atoms with Crippen LogP contribution in [0.3, 0.4) is 0 Å². The first-order chi connectivity index (χ1) is 8.95. The maximum atomic E-state index is 11.3. The SMILES string of the molecule is Cc1cc(=O)[nH]c2nnc([C@H](O)[C@@H](O)[C@H](O)CO)n12. The number of aliphatic hydroxyl groups excluding tert-OH is 4. The van der Waals surface area contributed by atoms with Crippen molar-refractivity contribution in [1.82, 2.24) is 19.6 Å². The van der Waals surface area contributed by atoms with E-state index in [1.807, 2.05) is 0 Å². The van der Waals surface area contributed by atoms with E-state index in [1.54, 1.807) is 6.92 Å². The monoisotopic (exact) mass is 270 g/mol. The normalized spacial score (nSPS) is 16.5. The van der Waals surface area contributed by atoms with Crippen LogP contribution < -0.4 is 5.56 Å². The fourth-order valence-electron chi connectivity index (χ4n) is 1.79. The number of aliphatic hydroxyl groups is 4. The predicted molar refractivity (Wildman–Crippen MR) is 62.4 cm³/mol. The number of H-pyrrole nitrogens is 1. The molecule has 0 aliphatic heterocycles. The molecule has 0 radical (unpaired) electrons. The molecule has 9 nitrogen and oxygen atoms in total. The molecule has 0 amide bonds. The van der Waals surface area contributed by atoms with E-state index in [0.29, 0.717) is 5.69 Å². The number of hydrogen-bond acceptors (Lipinski definition) is 7. The average molecular weight is 270 g/mol. The second kappa shape index (κ2) is 5.05. The van der Waals surface area contributed by atoms with Crippen molar-refractivity contribution in [1.29, 1.82) is 0 Å². The zero-order chi connectivity index (χ0) is 14.2. The molecular weight excluding hydrogens is 256 g/mol. The van der Waals surface area contributed by atoms with Crippen molar-refractivity contribution in [3.63, 3.8) is 0 Å². The van der Waals surface area contributed by atoms with E-state index >= 15 is 0 Å². The Balaban J connectivity index is 2.49. The Morgan fingerprint density at radius 3 is 2.68 bits per heavy atom. The van der Waals surface area contributed by atoms with Crippen molar-refractivity contribution < 1.29 is 20.4 Å². The highest BCUT2D eigenvalue weighted by atomic mass is 16.4. The summed E-state index contributed by atoms with van der Waals surface area (Å²) in [4.78, 5) is 13.7. The average Bonchev–Trinajstić information content (AvgIpc) is 2.79. The predicted octanol–water partition coefficient (Wildman–Crippen LogP) is -2.53. The van der Waals surface area contributed by atoms with Gasteiger partial charge in [-0.2, -0.15) is 0 Å². The molecule has 0 saturated heterocycles. The molecule has 0 fully saturated rings. The molecule has 2 aromatic rings. The number of hydrogen-bond donors (Lipinski definition) is 5. The standard InChI is InChI=1S/C10H14N4O5/c1-4-2-6(17)11-10-13-12-9(14(4)10)8(19)7(18)5(16)3-15/h2,5,7-8,15-16,18-19H,3H2,1H3,(H,11,13,17)/t5-,7+,8-/m1/s1. The van der Waals surface area contributed by atoms with Crippen LogP contribution in [0.25, 0.3) is 5.78 Å². The Labute approximate surface area is 106 Å². The van der Waals surface area contributed by atoms with E-state index < -0.39 is 24.9 Å². The zero-order valence-corrected chi connectivity index (χ0v) is 10.1. The van der Waals surface area contributed by atoms with Gasteiger partial charge in [0.25, 0.3) is 5.56 Å². The maximum Gasteiger partial charge on any atom is 0.252 e. The summed E-state index contributed by atoms with van der Waals surface area (Å²) in [5.74, 6) is 0.0773. The molecule has 0 aliphatic carbocycles. The van der Waals surface area contributed by atoms with Crippen LogP contribution in [-0.2, 0) is 0 Å². The first-order valence-corrected chi connectivity index (χ1v) is 5.55. The largest absolute Gasteiger partial charge is 0.394 e. The van der Waals surface area contributed by atoms with Crippen molar-refractivity contribution in [3.05, 3.63) is 27.9 Å². The summed E-state index contributed by atoms with van der Waals surface area (Å²) in [6.07, 6.45) is -4.68. The molecule has 0 spiro atoms. The van der Waals surface area contributed by atoms with Crippen molar-refractivity contribution in [2.75, 3.05) is 6.61 Å². The van der Waals surface area contributed by atoms with Gasteiger partial charge < -0.3 is 20.4 Å². The molecule has 0 aliphatic rings. The third-order valence-corrected chi connectivity index (χ3v) is 2.79. The summed E-state index contributed by atoms with van der Waals surface area (Å²) in [6, 6.07) is 1.28. The third-order valence-electron chi connectivity index (χ3n) is 2.79. The van der Waals surface area contributed by atoms with Crippen LogP contribution in [0.2, 0.25) is 0 Å². The van der Waals surface area contributed by atoms with E-state index in [0.717, 1.165) is 0 Å². The van der Waals surface area contributed by atoms with Crippen molar-refractivity contribution in [2.45, 2.75) is 25.2 Å². The van der Waals surface area contributed by atoms with Crippen LogP contribution in [0.5, 0.6) is 0 Å². The molecule has 0 saturated carbocycles. The van der Waals surface area contributed by atoms with Crippen LogP contribution in [-0.4, -0.2) is 58.8 Å². The van der Waals surface area contributed by atoms with Gasteiger partial charge in [-0.15, -0.1) is 10.2 Å². The summed E-state index contributed by atoms with van der Waals surface area (Å²) in [6.45, 7) is 0.904. The van der Waals surface area contributed by atoms with Crippen molar-refractivity contribution in [3.8, 4) is 0 Å². The minimum absolute atomic E-state index is 0.0382. The van der Waals surface area contributed by atoms with Crippen LogP contribution in [0, 0.1) is 6.92 Å². The minimum Gasteiger partial charge on any atom is -0.394 e. The maximum absolute atomic E-state index is 11.3. The number of nitrogens with one attached hydrogen (secondary N) is 1. The number of fused-ring (bicyclic) bond motifs is 1. The first kappa shape index (κ1) is 13.6. The van der Waals surface area contributed by atoms with Gasteiger partial charge in [0, 0.05) is 11.8 Å². The molecule has 0 unspecified atom stereocenters. The fraction of sp³-hybridized carbons (Fsp3) is 0.500. The lowest BCUT2D eigenvalue weighted by atomic mass is 10.1. The molecule has 0 aromatic carbocycles. The lowest BCUT2D eigenvalue weighted by Crippen LogP contribution is -2.35. The van der Waals surface area contributed by atoms with E-state index in [2.05, 4.69) is 15.2 Å². The molecule has 2 aromatic heterocycles. The van der Waals surface area contributed by atoms with Gasteiger partial charge in [0.2, 0.25) is 5.78 Å². The molecule has 2 heterocycles. The summed E-state index contributed by atoms with van der Waals surface area (Å²) in [5, 5.41) is 45.0. The molecule has 9 heteroatoms. The van der Waals surface area contributed by atoms with Gasteiger partial charge in [0.15, 0.2) is 5.82 Å². The second-order valence-corrected chi connectivity index (χ2v) is 4.18. The second-order valence-electron chi connectivity index (χ2n) is 4.18. The quantitative estimate of drug-likeness (QED) is 0.412. The van der Waals surface area contributed by atoms with Crippen LogP contribution >= 0.6 is 0 Å². The van der Waals surface area contributed by atoms with Crippen molar-refractivity contribution >= 4 is 5.78 Å². The van der Waals surface area contributed by atoms with Gasteiger partial charge in [-0.3, -0.25) is 14.2 Å². The molecule has 3 atom stereocenters. The van der Waals surface area contributed by atoms with Gasteiger partial charge in [0.05, 0.1) is 6.61 Å². The number of rotatable bonds is 4. The van der Waals surface area contributed by atoms with Crippen LogP contribution in [0.4, 0.5) is 0 Å². The van der Waals surface area contributed by atoms with Crippen molar-refractivity contribution in [2.24, 2.45) is 0 Å². The van der Waals surface area contributed by atoms with Gasteiger partial charge in [0.1, 0.15) is 18.3 Å². The van der Waals surface area contributed by atoms with Crippen LogP contribution in [0.15, 0.2) is 10.9 Å². The molecule has 5 N–H and O–H groups in total. The molecule has 19 heavy (non-hydrogen) atoms. The molecule has 104 valence electrons. The zero-order valence-electron chi connectivity index (χ0n) is 10.1. The molecule has 2 rings (SSSR count). The highest BCUT2D eigenvalue weighted by Crippen LogP contribution is 2.18. The highest BCUT2D eigenvalue weighted by molar-refractivity contribution is 5.30. The number of aryl methyl sites for hydroxylation is 1. The summed E-state index contributed by atoms with van der Waals surface area (Å²) in [7, 11) is 0. The third kappa shape index (κ3) is 2.36. The summed E-state index contributed by atoms with van der Waals surface area (Å²) >= 11 is 0. The Hall–Kier alpha value is -1.81. The fourth-order valence-corrected chi connectivity index (χ4v) is 1.79. The van der Waals surface area contributed by atoms with E-state index in [9.17, 15) is 20.1 Å². The van der Waals surface area contributed by atoms with Gasteiger partial charge in [-0.1, -0.05) is 0 Å². The number of aromatic amines is 1. The Morgan fingerprint density at radius 2 is 2.05 bits per heavy atom. The smallest absolute Gasteiger partial charge is 0.252 e. The summed E-state index contributed by atoms with van der Waals surface area (Å²) in [5.41, 5.74) is 0.0952. The number of aromatic nitrogens is 4. The molecular formula is C10H14N4O5. The van der Waals surface area contributed by atoms with Gasteiger partial charge in [-0.25, -0.2) is 0 Å². The summed E-state index contributed by atoms with van der Waals surface area (Å²) < 4.78 is 1.35. The van der Waals surface area contributed by atoms with Gasteiger partial charge >= 0.3 is 0 Å². The number of nitrogens with zero attached hydrogens (tertiary/aromatic N) is 3. The topological polar surface area (TPSA) is 144 Å². The minimum atomic E-state index is -1.62. The lowest BCUT2D eigenvalue weighted by molar-refractivity contribution is -0.0806. The Bertz CT molecular complexity index is 636. The Morgan fingerprint density at radius 1 is 1.37 bits per heavy atom. The van der Waals surface area contributed by atoms with E-state index in [1.165, 1.54) is 10.5 Å². The molecule has 0 bridgehead atoms. The van der Waals surface area contributed by atoms with E-state index in [4.69, 9.17) is 5.11 Å². The first-order valence-electron chi connectivity index (χ1n) is 5.55. The van der Waals surface area contributed by atoms with E-state index in [-0.39, 0.29) is 17.2 Å². The lowest BCUT2D eigenvalue weighted by Gasteiger charge is -2.20. The van der Waals surface area contributed by atoms with Crippen LogP contribution in [0.1, 0.15) is 17.6 Å².